The SMILES string of the molecule is CC(C)C=C1CC2(CCN(C(C)C)C2)C1. The van der Waals surface area contributed by atoms with Crippen LogP contribution in [0.25, 0.3) is 0 Å². The molecule has 0 atom stereocenters. The summed E-state index contributed by atoms with van der Waals surface area (Å²) in [4.78, 5) is 2.64. The van der Waals surface area contributed by atoms with Gasteiger partial charge in [-0.05, 0) is 51.0 Å². The number of nitrogens with zero attached hydrogens (tertiary/aromatic N) is 1. The molecule has 0 bridgehead atoms. The van der Waals surface area contributed by atoms with Gasteiger partial charge in [0.1, 0.15) is 0 Å². The number of hydrogen-bond donors (Lipinski definition) is 0. The molecule has 1 aliphatic carbocycles. The van der Waals surface area contributed by atoms with E-state index >= 15 is 0 Å². The first-order valence-corrected chi connectivity index (χ1v) is 6.44. The molecule has 1 nitrogen and oxygen atoms in total. The minimum atomic E-state index is 0.686. The average Bonchev–Trinajstić information content (AvgIpc) is 2.47. The Kier molecular flexibility index (Phi) is 2.94. The van der Waals surface area contributed by atoms with Crippen molar-refractivity contribution in [3.8, 4) is 0 Å². The van der Waals surface area contributed by atoms with E-state index in [4.69, 9.17) is 0 Å². The Morgan fingerprint density at radius 1 is 1.20 bits per heavy atom. The number of rotatable bonds is 2. The molecular weight excluding hydrogens is 182 g/mol. The zero-order chi connectivity index (χ0) is 11.1. The fraction of sp³-hybridized carbons (Fsp3) is 0.857. The van der Waals surface area contributed by atoms with Gasteiger partial charge in [-0.2, -0.15) is 0 Å². The highest BCUT2D eigenvalue weighted by molar-refractivity contribution is 5.21. The van der Waals surface area contributed by atoms with Crippen LogP contribution in [0.5, 0.6) is 0 Å². The summed E-state index contributed by atoms with van der Waals surface area (Å²) in [5.74, 6) is 0.736. The molecule has 0 N–H and O–H groups in total. The smallest absolute Gasteiger partial charge is 0.00473 e. The van der Waals surface area contributed by atoms with Gasteiger partial charge in [-0.1, -0.05) is 25.5 Å². The van der Waals surface area contributed by atoms with Crippen molar-refractivity contribution in [1.29, 1.82) is 0 Å². The van der Waals surface area contributed by atoms with Crippen LogP contribution in [-0.4, -0.2) is 24.0 Å². The second-order valence-electron chi connectivity index (χ2n) is 6.24. The lowest BCUT2D eigenvalue weighted by atomic mass is 9.64. The van der Waals surface area contributed by atoms with Crippen LogP contribution in [0, 0.1) is 11.3 Å². The van der Waals surface area contributed by atoms with Crippen molar-refractivity contribution >= 4 is 0 Å². The van der Waals surface area contributed by atoms with Gasteiger partial charge in [0.25, 0.3) is 0 Å². The minimum absolute atomic E-state index is 0.686. The van der Waals surface area contributed by atoms with Gasteiger partial charge in [0.15, 0.2) is 0 Å². The predicted molar refractivity (Wildman–Crippen MR) is 65.9 cm³/mol. The third-order valence-corrected chi connectivity index (χ3v) is 3.97. The molecule has 0 aromatic heterocycles. The second-order valence-corrected chi connectivity index (χ2v) is 6.24. The zero-order valence-corrected chi connectivity index (χ0v) is 10.7. The molecule has 0 amide bonds. The topological polar surface area (TPSA) is 3.24 Å². The maximum atomic E-state index is 2.64. The van der Waals surface area contributed by atoms with Crippen molar-refractivity contribution in [3.05, 3.63) is 11.6 Å². The van der Waals surface area contributed by atoms with Crippen molar-refractivity contribution in [3.63, 3.8) is 0 Å². The van der Waals surface area contributed by atoms with Gasteiger partial charge in [0.05, 0.1) is 0 Å². The first-order chi connectivity index (χ1) is 7.01. The third kappa shape index (κ3) is 2.28. The number of allylic oxidation sites excluding steroid dienone is 2. The highest BCUT2D eigenvalue weighted by atomic mass is 15.2. The summed E-state index contributed by atoms with van der Waals surface area (Å²) in [6, 6.07) is 0.738. The molecule has 2 rings (SSSR count). The zero-order valence-electron chi connectivity index (χ0n) is 10.7. The van der Waals surface area contributed by atoms with Crippen LogP contribution in [-0.2, 0) is 0 Å². The number of likely N-dealkylation sites (tertiary alicyclic amines) is 1. The molecule has 15 heavy (non-hydrogen) atoms. The Morgan fingerprint density at radius 2 is 1.87 bits per heavy atom. The predicted octanol–water partition coefficient (Wildman–Crippen LogP) is 3.46. The van der Waals surface area contributed by atoms with Crippen molar-refractivity contribution in [2.75, 3.05) is 13.1 Å². The van der Waals surface area contributed by atoms with Crippen LogP contribution in [0.4, 0.5) is 0 Å². The van der Waals surface area contributed by atoms with Crippen LogP contribution in [0.2, 0.25) is 0 Å². The van der Waals surface area contributed by atoms with Crippen molar-refractivity contribution in [2.24, 2.45) is 11.3 Å². The molecule has 1 saturated heterocycles. The molecule has 0 aromatic rings. The van der Waals surface area contributed by atoms with E-state index in [1.807, 2.05) is 0 Å². The third-order valence-electron chi connectivity index (χ3n) is 3.97. The van der Waals surface area contributed by atoms with Crippen molar-refractivity contribution in [2.45, 2.75) is 53.0 Å². The molecule has 1 spiro atoms. The molecule has 2 fully saturated rings. The molecule has 1 aliphatic heterocycles. The first kappa shape index (κ1) is 11.2. The molecule has 86 valence electrons. The summed E-state index contributed by atoms with van der Waals surface area (Å²) in [6.45, 7) is 11.9. The van der Waals surface area contributed by atoms with E-state index in [9.17, 15) is 0 Å². The molecule has 1 heterocycles. The standard InChI is InChI=1S/C14H25N/c1-11(2)7-13-8-14(9-13)5-6-15(10-14)12(3)4/h7,11-12H,5-6,8-10H2,1-4H3. The molecule has 0 radical (unpaired) electrons. The van der Waals surface area contributed by atoms with Crippen molar-refractivity contribution in [1.82, 2.24) is 4.90 Å². The average molecular weight is 207 g/mol. The lowest BCUT2D eigenvalue weighted by Crippen LogP contribution is -2.37. The van der Waals surface area contributed by atoms with Crippen LogP contribution >= 0.6 is 0 Å². The second kappa shape index (κ2) is 3.93. The Bertz CT molecular complexity index is 255. The highest BCUT2D eigenvalue weighted by Crippen LogP contribution is 2.51. The monoisotopic (exact) mass is 207 g/mol. The van der Waals surface area contributed by atoms with E-state index < -0.39 is 0 Å². The van der Waals surface area contributed by atoms with Crippen LogP contribution in [0.3, 0.4) is 0 Å². The van der Waals surface area contributed by atoms with Crippen LogP contribution in [0.1, 0.15) is 47.0 Å². The first-order valence-electron chi connectivity index (χ1n) is 6.44. The van der Waals surface area contributed by atoms with Gasteiger partial charge in [-0.15, -0.1) is 0 Å². The van der Waals surface area contributed by atoms with E-state index in [0.717, 1.165) is 12.0 Å². The summed E-state index contributed by atoms with van der Waals surface area (Å²) in [5, 5.41) is 0. The minimum Gasteiger partial charge on any atom is -0.300 e. The van der Waals surface area contributed by atoms with Gasteiger partial charge in [0, 0.05) is 12.6 Å². The fourth-order valence-electron chi connectivity index (χ4n) is 3.20. The Hall–Kier alpha value is -0.300. The molecule has 1 saturated carbocycles. The largest absolute Gasteiger partial charge is 0.300 e. The maximum Gasteiger partial charge on any atom is 0.00473 e. The molecular formula is C14H25N. The van der Waals surface area contributed by atoms with Gasteiger partial charge < -0.3 is 4.90 Å². The van der Waals surface area contributed by atoms with E-state index in [1.54, 1.807) is 5.57 Å². The van der Waals surface area contributed by atoms with Gasteiger partial charge in [-0.3, -0.25) is 0 Å². The Morgan fingerprint density at radius 3 is 2.33 bits per heavy atom. The van der Waals surface area contributed by atoms with Gasteiger partial charge in [0.2, 0.25) is 0 Å². The summed E-state index contributed by atoms with van der Waals surface area (Å²) in [6.07, 6.45) is 6.67. The summed E-state index contributed by atoms with van der Waals surface area (Å²) in [5.41, 5.74) is 2.40. The summed E-state index contributed by atoms with van der Waals surface area (Å²) >= 11 is 0. The lowest BCUT2D eigenvalue weighted by molar-refractivity contribution is 0.180. The summed E-state index contributed by atoms with van der Waals surface area (Å²) in [7, 11) is 0. The Balaban J connectivity index is 1.88. The number of hydrogen-bond acceptors (Lipinski definition) is 1. The van der Waals surface area contributed by atoms with Crippen LogP contribution < -0.4 is 0 Å². The van der Waals surface area contributed by atoms with E-state index in [1.165, 1.54) is 32.4 Å². The van der Waals surface area contributed by atoms with Crippen molar-refractivity contribution < 1.29 is 0 Å². The highest BCUT2D eigenvalue weighted by Gasteiger charge is 2.45. The maximum absolute atomic E-state index is 2.64. The molecule has 0 aromatic carbocycles. The van der Waals surface area contributed by atoms with E-state index in [-0.39, 0.29) is 0 Å². The van der Waals surface area contributed by atoms with E-state index in [2.05, 4.69) is 38.7 Å². The normalized spacial score (nSPS) is 31.7. The quantitative estimate of drug-likeness (QED) is 0.627. The van der Waals surface area contributed by atoms with Gasteiger partial charge >= 0.3 is 0 Å². The Labute approximate surface area is 94.5 Å². The summed E-state index contributed by atoms with van der Waals surface area (Å²) < 4.78 is 0. The van der Waals surface area contributed by atoms with Gasteiger partial charge in [-0.25, -0.2) is 0 Å². The van der Waals surface area contributed by atoms with E-state index in [0.29, 0.717) is 5.41 Å². The van der Waals surface area contributed by atoms with Crippen LogP contribution in [0.15, 0.2) is 11.6 Å². The molecule has 2 aliphatic rings. The fourth-order valence-corrected chi connectivity index (χ4v) is 3.20. The lowest BCUT2D eigenvalue weighted by Gasteiger charge is -2.41. The molecule has 0 unspecified atom stereocenters. The molecule has 1 heteroatoms.